The van der Waals surface area contributed by atoms with Crippen molar-refractivity contribution in [1.29, 1.82) is 0 Å². The molecule has 5 heteroatoms. The van der Waals surface area contributed by atoms with Crippen LogP contribution in [0.25, 0.3) is 5.57 Å². The van der Waals surface area contributed by atoms with Crippen LogP contribution in [-0.2, 0) is 9.59 Å². The van der Waals surface area contributed by atoms with Gasteiger partial charge in [-0.3, -0.25) is 14.5 Å². The molecule has 0 aliphatic carbocycles. The maximum Gasteiger partial charge on any atom is 0.278 e. The van der Waals surface area contributed by atoms with Crippen molar-refractivity contribution in [3.05, 3.63) is 78.0 Å². The monoisotopic (exact) mass is 390 g/mol. The van der Waals surface area contributed by atoms with Gasteiger partial charge in [-0.15, -0.1) is 6.58 Å². The van der Waals surface area contributed by atoms with Gasteiger partial charge in [0.1, 0.15) is 11.4 Å². The van der Waals surface area contributed by atoms with Crippen LogP contribution in [0.15, 0.2) is 66.9 Å². The summed E-state index contributed by atoms with van der Waals surface area (Å²) in [5, 5.41) is 3.14. The number of rotatable bonds is 8. The highest BCUT2D eigenvalue weighted by atomic mass is 16.5. The van der Waals surface area contributed by atoms with Crippen molar-refractivity contribution in [2.75, 3.05) is 18.5 Å². The Hall–Kier alpha value is -3.34. The van der Waals surface area contributed by atoms with Gasteiger partial charge >= 0.3 is 0 Å². The van der Waals surface area contributed by atoms with Crippen molar-refractivity contribution >= 4 is 23.1 Å². The first-order chi connectivity index (χ1) is 13.9. The van der Waals surface area contributed by atoms with Gasteiger partial charge in [-0.1, -0.05) is 49.8 Å². The number of aryl methyl sites for hydroxylation is 1. The quantitative estimate of drug-likeness (QED) is 0.536. The topological polar surface area (TPSA) is 58.6 Å². The molecule has 0 bridgehead atoms. The number of nitrogens with one attached hydrogen (secondary N) is 1. The smallest absolute Gasteiger partial charge is 0.278 e. The minimum Gasteiger partial charge on any atom is -0.493 e. The van der Waals surface area contributed by atoms with Crippen LogP contribution < -0.4 is 10.1 Å². The van der Waals surface area contributed by atoms with Gasteiger partial charge in [0.2, 0.25) is 0 Å². The molecule has 0 atom stereocenters. The zero-order valence-corrected chi connectivity index (χ0v) is 17.1. The Labute approximate surface area is 171 Å². The van der Waals surface area contributed by atoms with Crippen molar-refractivity contribution < 1.29 is 14.3 Å². The SMILES string of the molecule is C=CCN1C(=O)C(Nc2ccc(C)cc2)=C(c2ccc(OCC(C)C)cc2)C1=O. The number of carbonyl (C=O) groups excluding carboxylic acids is 2. The Morgan fingerprint density at radius 2 is 1.69 bits per heavy atom. The molecule has 2 aromatic rings. The van der Waals surface area contributed by atoms with Gasteiger partial charge in [0.25, 0.3) is 11.8 Å². The van der Waals surface area contributed by atoms with Gasteiger partial charge in [0, 0.05) is 12.2 Å². The van der Waals surface area contributed by atoms with Gasteiger partial charge in [0.05, 0.1) is 12.2 Å². The Kier molecular flexibility index (Phi) is 6.17. The Bertz CT molecular complexity index is 941. The lowest BCUT2D eigenvalue weighted by Gasteiger charge is -2.12. The maximum absolute atomic E-state index is 13.0. The molecule has 0 saturated carbocycles. The molecule has 1 aliphatic rings. The second-order valence-corrected chi connectivity index (χ2v) is 7.48. The van der Waals surface area contributed by atoms with Crippen molar-refractivity contribution in [2.45, 2.75) is 20.8 Å². The first-order valence-corrected chi connectivity index (χ1v) is 9.69. The molecule has 1 aliphatic heterocycles. The van der Waals surface area contributed by atoms with Crippen molar-refractivity contribution in [3.63, 3.8) is 0 Å². The Balaban J connectivity index is 1.96. The van der Waals surface area contributed by atoms with Gasteiger partial charge < -0.3 is 10.1 Å². The highest BCUT2D eigenvalue weighted by Crippen LogP contribution is 2.31. The average molecular weight is 390 g/mol. The van der Waals surface area contributed by atoms with Crippen LogP contribution in [-0.4, -0.2) is 29.9 Å². The fourth-order valence-corrected chi connectivity index (χ4v) is 3.02. The highest BCUT2D eigenvalue weighted by molar-refractivity contribution is 6.36. The van der Waals surface area contributed by atoms with E-state index in [1.807, 2.05) is 55.5 Å². The molecule has 0 unspecified atom stereocenters. The normalized spacial score (nSPS) is 14.0. The van der Waals surface area contributed by atoms with Crippen LogP contribution in [0.5, 0.6) is 5.75 Å². The molecular formula is C24H26N2O3. The predicted octanol–water partition coefficient (Wildman–Crippen LogP) is 4.41. The number of amides is 2. The van der Waals surface area contributed by atoms with E-state index < -0.39 is 0 Å². The molecule has 1 N–H and O–H groups in total. The number of imide groups is 1. The zero-order valence-electron chi connectivity index (χ0n) is 17.1. The summed E-state index contributed by atoms with van der Waals surface area (Å²) in [7, 11) is 0. The minimum absolute atomic E-state index is 0.163. The molecule has 2 aromatic carbocycles. The average Bonchev–Trinajstić information content (AvgIpc) is 2.93. The van der Waals surface area contributed by atoms with Crippen LogP contribution in [0.1, 0.15) is 25.0 Å². The van der Waals surface area contributed by atoms with Gasteiger partial charge in [-0.2, -0.15) is 0 Å². The van der Waals surface area contributed by atoms with E-state index in [9.17, 15) is 9.59 Å². The number of anilines is 1. The van der Waals surface area contributed by atoms with Crippen LogP contribution in [0.4, 0.5) is 5.69 Å². The van der Waals surface area contributed by atoms with Gasteiger partial charge in [-0.25, -0.2) is 0 Å². The third-order valence-electron chi connectivity index (χ3n) is 4.53. The van der Waals surface area contributed by atoms with Crippen molar-refractivity contribution in [3.8, 4) is 5.75 Å². The lowest BCUT2D eigenvalue weighted by atomic mass is 10.0. The largest absolute Gasteiger partial charge is 0.493 e. The third kappa shape index (κ3) is 4.57. The summed E-state index contributed by atoms with van der Waals surface area (Å²) in [6.07, 6.45) is 1.55. The summed E-state index contributed by atoms with van der Waals surface area (Å²) < 4.78 is 5.72. The predicted molar refractivity (Wildman–Crippen MR) is 115 cm³/mol. The third-order valence-corrected chi connectivity index (χ3v) is 4.53. The molecule has 29 heavy (non-hydrogen) atoms. The van der Waals surface area contributed by atoms with E-state index in [1.54, 1.807) is 6.08 Å². The molecule has 0 saturated heterocycles. The summed E-state index contributed by atoms with van der Waals surface area (Å²) >= 11 is 0. The van der Waals surface area contributed by atoms with Gasteiger partial charge in [0.15, 0.2) is 0 Å². The van der Waals surface area contributed by atoms with Crippen LogP contribution >= 0.6 is 0 Å². The fraction of sp³-hybridized carbons (Fsp3) is 0.250. The van der Waals surface area contributed by atoms with E-state index in [1.165, 1.54) is 4.90 Å². The second kappa shape index (κ2) is 8.78. The fourth-order valence-electron chi connectivity index (χ4n) is 3.02. The highest BCUT2D eigenvalue weighted by Gasteiger charge is 2.38. The van der Waals surface area contributed by atoms with E-state index in [2.05, 4.69) is 25.7 Å². The van der Waals surface area contributed by atoms with Gasteiger partial charge in [-0.05, 0) is 42.7 Å². The molecule has 3 rings (SSSR count). The zero-order chi connectivity index (χ0) is 21.0. The second-order valence-electron chi connectivity index (χ2n) is 7.48. The van der Waals surface area contributed by atoms with Crippen LogP contribution in [0, 0.1) is 12.8 Å². The number of ether oxygens (including phenoxy) is 1. The van der Waals surface area contributed by atoms with E-state index >= 15 is 0 Å². The number of nitrogens with zero attached hydrogens (tertiary/aromatic N) is 1. The lowest BCUT2D eigenvalue weighted by molar-refractivity contribution is -0.136. The number of benzene rings is 2. The molecule has 0 aromatic heterocycles. The first kappa shape index (κ1) is 20.4. The molecule has 2 amide bonds. The van der Waals surface area contributed by atoms with E-state index in [-0.39, 0.29) is 24.1 Å². The van der Waals surface area contributed by atoms with E-state index in [0.29, 0.717) is 23.7 Å². The summed E-state index contributed by atoms with van der Waals surface area (Å²) in [6, 6.07) is 14.9. The molecular weight excluding hydrogens is 364 g/mol. The molecule has 1 heterocycles. The number of hydrogen-bond acceptors (Lipinski definition) is 4. The summed E-state index contributed by atoms with van der Waals surface area (Å²) in [4.78, 5) is 27.1. The number of carbonyl (C=O) groups is 2. The van der Waals surface area contributed by atoms with Crippen LogP contribution in [0.2, 0.25) is 0 Å². The Morgan fingerprint density at radius 3 is 2.28 bits per heavy atom. The van der Waals surface area contributed by atoms with Crippen molar-refractivity contribution in [1.82, 2.24) is 4.90 Å². The van der Waals surface area contributed by atoms with E-state index in [0.717, 1.165) is 17.0 Å². The Morgan fingerprint density at radius 1 is 1.03 bits per heavy atom. The molecule has 0 fully saturated rings. The number of hydrogen-bond donors (Lipinski definition) is 1. The summed E-state index contributed by atoms with van der Waals surface area (Å²) in [5.41, 5.74) is 3.16. The molecule has 0 spiro atoms. The lowest BCUT2D eigenvalue weighted by Crippen LogP contribution is -2.32. The van der Waals surface area contributed by atoms with Crippen molar-refractivity contribution in [2.24, 2.45) is 5.92 Å². The molecule has 0 radical (unpaired) electrons. The molecule has 5 nitrogen and oxygen atoms in total. The first-order valence-electron chi connectivity index (χ1n) is 9.69. The van der Waals surface area contributed by atoms with Crippen LogP contribution in [0.3, 0.4) is 0 Å². The summed E-state index contributed by atoms with van der Waals surface area (Å²) in [6.45, 7) is 10.6. The van der Waals surface area contributed by atoms with E-state index in [4.69, 9.17) is 4.74 Å². The molecule has 150 valence electrons. The minimum atomic E-state index is -0.356. The standard InChI is InChI=1S/C24H26N2O3/c1-5-14-26-23(27)21(18-8-12-20(13-9-18)29-15-16(2)3)22(24(26)28)25-19-10-6-17(4)7-11-19/h5-13,16,25H,1,14-15H2,2-4H3. The summed E-state index contributed by atoms with van der Waals surface area (Å²) in [5.74, 6) is 0.464. The maximum atomic E-state index is 13.0.